The second kappa shape index (κ2) is 6.42. The summed E-state index contributed by atoms with van der Waals surface area (Å²) in [6, 6.07) is 7.51. The molecular weight excluding hydrogens is 318 g/mol. The molecule has 1 spiro atoms. The fourth-order valence-corrected chi connectivity index (χ4v) is 5.68. The molecule has 0 bridgehead atoms. The standard InChI is InChI=1S/C16H23NO3S2/c1-2-22(18,19)15-6-4-3-5-14(15)17-13-7-9-20-16(11-13)8-10-21-12-16/h3-6,13,17H,2,7-12H2,1H3/t13-,16+/m0/s1. The van der Waals surface area contributed by atoms with Gasteiger partial charge in [0.1, 0.15) is 0 Å². The molecule has 6 heteroatoms. The number of ether oxygens (including phenoxy) is 1. The summed E-state index contributed by atoms with van der Waals surface area (Å²) < 4.78 is 30.5. The molecule has 1 N–H and O–H groups in total. The maximum absolute atomic E-state index is 12.2. The number of anilines is 1. The molecule has 2 aliphatic rings. The van der Waals surface area contributed by atoms with Gasteiger partial charge in [0.25, 0.3) is 0 Å². The minimum atomic E-state index is -3.21. The lowest BCUT2D eigenvalue weighted by atomic mass is 9.90. The Kier molecular flexibility index (Phi) is 4.71. The van der Waals surface area contributed by atoms with E-state index in [1.807, 2.05) is 23.9 Å². The molecule has 0 saturated carbocycles. The summed E-state index contributed by atoms with van der Waals surface area (Å²) in [5, 5.41) is 3.47. The predicted molar refractivity (Wildman–Crippen MR) is 91.4 cm³/mol. The summed E-state index contributed by atoms with van der Waals surface area (Å²) in [6.07, 6.45) is 2.98. The molecular formula is C16H23NO3S2. The Labute approximate surface area is 136 Å². The fraction of sp³-hybridized carbons (Fsp3) is 0.625. The van der Waals surface area contributed by atoms with Gasteiger partial charge >= 0.3 is 0 Å². The number of hydrogen-bond acceptors (Lipinski definition) is 5. The molecule has 0 radical (unpaired) electrons. The van der Waals surface area contributed by atoms with E-state index in [-0.39, 0.29) is 17.4 Å². The number of benzene rings is 1. The zero-order valence-corrected chi connectivity index (χ0v) is 14.5. The molecule has 2 fully saturated rings. The van der Waals surface area contributed by atoms with Gasteiger partial charge in [-0.1, -0.05) is 19.1 Å². The summed E-state index contributed by atoms with van der Waals surface area (Å²) in [7, 11) is -3.21. The maximum Gasteiger partial charge on any atom is 0.180 e. The van der Waals surface area contributed by atoms with Crippen LogP contribution in [-0.4, -0.2) is 43.9 Å². The highest BCUT2D eigenvalue weighted by molar-refractivity contribution is 7.99. The Hall–Kier alpha value is -0.720. The van der Waals surface area contributed by atoms with Crippen molar-refractivity contribution in [1.82, 2.24) is 0 Å². The third-order valence-electron chi connectivity index (χ3n) is 4.52. The normalized spacial score (nSPS) is 28.9. The van der Waals surface area contributed by atoms with Gasteiger partial charge in [-0.3, -0.25) is 0 Å². The van der Waals surface area contributed by atoms with E-state index in [9.17, 15) is 8.42 Å². The molecule has 0 unspecified atom stereocenters. The number of rotatable bonds is 4. The third-order valence-corrected chi connectivity index (χ3v) is 7.53. The number of para-hydroxylation sites is 1. The molecule has 0 aliphatic carbocycles. The minimum Gasteiger partial charge on any atom is -0.381 e. The van der Waals surface area contributed by atoms with Gasteiger partial charge in [0.05, 0.1) is 21.9 Å². The topological polar surface area (TPSA) is 55.4 Å². The number of thioether (sulfide) groups is 1. The van der Waals surface area contributed by atoms with Gasteiger partial charge < -0.3 is 10.1 Å². The second-order valence-corrected chi connectivity index (χ2v) is 9.42. The average molecular weight is 341 g/mol. The van der Waals surface area contributed by atoms with E-state index in [1.165, 1.54) is 0 Å². The molecule has 3 rings (SSSR count). The first-order chi connectivity index (χ1) is 10.5. The second-order valence-electron chi connectivity index (χ2n) is 6.07. The quantitative estimate of drug-likeness (QED) is 0.912. The average Bonchev–Trinajstić information content (AvgIpc) is 2.95. The van der Waals surface area contributed by atoms with Crippen LogP contribution in [0.5, 0.6) is 0 Å². The molecule has 4 nitrogen and oxygen atoms in total. The number of sulfone groups is 1. The van der Waals surface area contributed by atoms with Crippen LogP contribution >= 0.6 is 11.8 Å². The highest BCUT2D eigenvalue weighted by atomic mass is 32.2. The van der Waals surface area contributed by atoms with Crippen molar-refractivity contribution in [2.45, 2.75) is 42.7 Å². The van der Waals surface area contributed by atoms with Gasteiger partial charge in [0.15, 0.2) is 9.84 Å². The molecule has 2 aliphatic heterocycles. The first kappa shape index (κ1) is 16.1. The lowest BCUT2D eigenvalue weighted by Crippen LogP contribution is -2.44. The van der Waals surface area contributed by atoms with Crippen molar-refractivity contribution in [3.05, 3.63) is 24.3 Å². The van der Waals surface area contributed by atoms with Crippen molar-refractivity contribution >= 4 is 27.3 Å². The molecule has 1 aromatic rings. The molecule has 0 aromatic heterocycles. The van der Waals surface area contributed by atoms with Gasteiger partial charge in [0.2, 0.25) is 0 Å². The summed E-state index contributed by atoms with van der Waals surface area (Å²) in [4.78, 5) is 0.416. The van der Waals surface area contributed by atoms with Gasteiger partial charge in [-0.05, 0) is 37.1 Å². The minimum absolute atomic E-state index is 0.000835. The summed E-state index contributed by atoms with van der Waals surface area (Å²) in [6.45, 7) is 2.44. The Morgan fingerprint density at radius 1 is 1.41 bits per heavy atom. The first-order valence-corrected chi connectivity index (χ1v) is 10.7. The van der Waals surface area contributed by atoms with Crippen molar-refractivity contribution in [3.8, 4) is 0 Å². The Morgan fingerprint density at radius 3 is 2.95 bits per heavy atom. The number of hydrogen-bond donors (Lipinski definition) is 1. The zero-order chi connectivity index (χ0) is 15.6. The van der Waals surface area contributed by atoms with Gasteiger partial charge in [0, 0.05) is 18.4 Å². The van der Waals surface area contributed by atoms with Crippen molar-refractivity contribution in [3.63, 3.8) is 0 Å². The van der Waals surface area contributed by atoms with Crippen molar-refractivity contribution < 1.29 is 13.2 Å². The van der Waals surface area contributed by atoms with E-state index in [0.29, 0.717) is 4.90 Å². The Bertz CT molecular complexity index is 624. The highest BCUT2D eigenvalue weighted by Gasteiger charge is 2.40. The molecule has 2 saturated heterocycles. The maximum atomic E-state index is 12.2. The van der Waals surface area contributed by atoms with Crippen LogP contribution in [0, 0.1) is 0 Å². The van der Waals surface area contributed by atoms with Crippen LogP contribution in [0.4, 0.5) is 5.69 Å². The Balaban J connectivity index is 1.79. The lowest BCUT2D eigenvalue weighted by Gasteiger charge is -2.38. The molecule has 122 valence electrons. The van der Waals surface area contributed by atoms with Crippen molar-refractivity contribution in [2.75, 3.05) is 29.2 Å². The van der Waals surface area contributed by atoms with Crippen molar-refractivity contribution in [1.29, 1.82) is 0 Å². The van der Waals surface area contributed by atoms with E-state index in [0.717, 1.165) is 43.1 Å². The zero-order valence-electron chi connectivity index (χ0n) is 12.9. The number of nitrogens with one attached hydrogen (secondary N) is 1. The van der Waals surface area contributed by atoms with Crippen LogP contribution in [0.15, 0.2) is 29.2 Å². The molecule has 0 amide bonds. The van der Waals surface area contributed by atoms with Crippen LogP contribution in [-0.2, 0) is 14.6 Å². The van der Waals surface area contributed by atoms with Crippen LogP contribution in [0.1, 0.15) is 26.2 Å². The summed E-state index contributed by atoms with van der Waals surface area (Å²) in [5.74, 6) is 2.34. The van der Waals surface area contributed by atoms with E-state index in [4.69, 9.17) is 4.74 Å². The van der Waals surface area contributed by atoms with Gasteiger partial charge in [-0.25, -0.2) is 8.42 Å². The van der Waals surface area contributed by atoms with E-state index in [2.05, 4.69) is 5.32 Å². The smallest absolute Gasteiger partial charge is 0.180 e. The third kappa shape index (κ3) is 3.29. The van der Waals surface area contributed by atoms with Gasteiger partial charge in [-0.15, -0.1) is 0 Å². The lowest BCUT2D eigenvalue weighted by molar-refractivity contribution is -0.0628. The van der Waals surface area contributed by atoms with E-state index in [1.54, 1.807) is 19.1 Å². The molecule has 1 aromatic carbocycles. The fourth-order valence-electron chi connectivity index (χ4n) is 3.25. The predicted octanol–water partition coefficient (Wildman–Crippen LogP) is 2.95. The van der Waals surface area contributed by atoms with Gasteiger partial charge in [-0.2, -0.15) is 11.8 Å². The largest absolute Gasteiger partial charge is 0.381 e. The van der Waals surface area contributed by atoms with Crippen molar-refractivity contribution in [2.24, 2.45) is 0 Å². The van der Waals surface area contributed by atoms with E-state index < -0.39 is 9.84 Å². The highest BCUT2D eigenvalue weighted by Crippen LogP contribution is 2.39. The molecule has 2 atom stereocenters. The molecule has 2 heterocycles. The molecule has 22 heavy (non-hydrogen) atoms. The van der Waals surface area contributed by atoms with Crippen LogP contribution < -0.4 is 5.32 Å². The van der Waals surface area contributed by atoms with Crippen LogP contribution in [0.25, 0.3) is 0 Å². The van der Waals surface area contributed by atoms with E-state index >= 15 is 0 Å². The summed E-state index contributed by atoms with van der Waals surface area (Å²) in [5.41, 5.74) is 0.733. The monoisotopic (exact) mass is 341 g/mol. The SMILES string of the molecule is CCS(=O)(=O)c1ccccc1N[C@H]1CCO[C@]2(CCSC2)C1. The van der Waals surface area contributed by atoms with Crippen LogP contribution in [0.2, 0.25) is 0 Å². The summed E-state index contributed by atoms with van der Waals surface area (Å²) >= 11 is 1.95. The first-order valence-electron chi connectivity index (χ1n) is 7.85. The Morgan fingerprint density at radius 2 is 2.23 bits per heavy atom. The van der Waals surface area contributed by atoms with Crippen LogP contribution in [0.3, 0.4) is 0 Å².